The van der Waals surface area contributed by atoms with Crippen LogP contribution in [0.1, 0.15) is 37.1 Å². The summed E-state index contributed by atoms with van der Waals surface area (Å²) in [5.41, 5.74) is 0.493. The zero-order valence-electron chi connectivity index (χ0n) is 21.2. The van der Waals surface area contributed by atoms with Crippen LogP contribution in [-0.4, -0.2) is 47.1 Å². The SMILES string of the molecule is [2H]C([2H])([2H])NC(=O)c1nnc(NC(=O)C2CC2)cc1Nc1cccc(-c2ncc(C(=O)[O-])s2)c1OC.[Li+]. The maximum Gasteiger partial charge on any atom is 1.00 e. The molecular formula is C21H19LiN6O5S. The third kappa shape index (κ3) is 5.36. The molecule has 0 saturated heterocycles. The number of hydrogen-bond acceptors (Lipinski definition) is 10. The summed E-state index contributed by atoms with van der Waals surface area (Å²) in [4.78, 5) is 40.0. The van der Waals surface area contributed by atoms with Crippen molar-refractivity contribution >= 4 is 46.3 Å². The molecule has 13 heteroatoms. The third-order valence-corrected chi connectivity index (χ3v) is 5.76. The number of amides is 2. The molecule has 1 aromatic carbocycles. The van der Waals surface area contributed by atoms with Crippen LogP contribution in [0.25, 0.3) is 10.6 Å². The summed E-state index contributed by atoms with van der Waals surface area (Å²) in [5, 5.41) is 26.7. The minimum atomic E-state index is -2.77. The first-order chi connectivity index (χ1) is 17.1. The normalized spacial score (nSPS) is 14.0. The molecule has 2 amide bonds. The van der Waals surface area contributed by atoms with E-state index in [1.807, 2.05) is 5.32 Å². The van der Waals surface area contributed by atoms with Gasteiger partial charge in [0.25, 0.3) is 5.91 Å². The number of aromatic nitrogens is 3. The van der Waals surface area contributed by atoms with E-state index < -0.39 is 18.9 Å². The van der Waals surface area contributed by atoms with E-state index >= 15 is 0 Å². The Labute approximate surface area is 214 Å². The van der Waals surface area contributed by atoms with E-state index in [0.29, 0.717) is 16.3 Å². The summed E-state index contributed by atoms with van der Waals surface area (Å²) in [5.74, 6) is -2.39. The van der Waals surface area contributed by atoms with Crippen LogP contribution in [0, 0.1) is 5.92 Å². The summed E-state index contributed by atoms with van der Waals surface area (Å²) < 4.78 is 27.5. The van der Waals surface area contributed by atoms with Gasteiger partial charge in [0.1, 0.15) is 5.01 Å². The molecule has 34 heavy (non-hydrogen) atoms. The van der Waals surface area contributed by atoms with Gasteiger partial charge in [0, 0.05) is 29.3 Å². The molecule has 2 aromatic heterocycles. The van der Waals surface area contributed by atoms with Gasteiger partial charge < -0.3 is 30.6 Å². The number of anilines is 3. The Morgan fingerprint density at radius 2 is 2.03 bits per heavy atom. The van der Waals surface area contributed by atoms with Gasteiger partial charge in [-0.3, -0.25) is 9.59 Å². The van der Waals surface area contributed by atoms with Gasteiger partial charge in [-0.1, -0.05) is 6.07 Å². The molecular weight excluding hydrogens is 455 g/mol. The van der Waals surface area contributed by atoms with Crippen molar-refractivity contribution in [1.29, 1.82) is 0 Å². The number of methoxy groups -OCH3 is 1. The number of benzene rings is 1. The van der Waals surface area contributed by atoms with Crippen molar-refractivity contribution in [3.63, 3.8) is 0 Å². The average molecular weight is 477 g/mol. The molecule has 3 aromatic rings. The fourth-order valence-corrected chi connectivity index (χ4v) is 3.78. The fourth-order valence-electron chi connectivity index (χ4n) is 3.01. The van der Waals surface area contributed by atoms with Crippen molar-refractivity contribution in [2.75, 3.05) is 24.7 Å². The molecule has 0 atom stereocenters. The van der Waals surface area contributed by atoms with Crippen molar-refractivity contribution in [2.45, 2.75) is 12.8 Å². The molecule has 0 spiro atoms. The maximum absolute atomic E-state index is 12.6. The largest absolute Gasteiger partial charge is 1.00 e. The second-order valence-electron chi connectivity index (χ2n) is 7.04. The molecule has 1 fully saturated rings. The van der Waals surface area contributed by atoms with Crippen LogP contribution in [0.4, 0.5) is 17.2 Å². The zero-order valence-corrected chi connectivity index (χ0v) is 19.0. The number of ether oxygens (including phenoxy) is 1. The first-order valence-corrected chi connectivity index (χ1v) is 10.5. The second-order valence-corrected chi connectivity index (χ2v) is 8.07. The monoisotopic (exact) mass is 477 g/mol. The Hall–Kier alpha value is -3.46. The number of carbonyl (C=O) groups excluding carboxylic acids is 3. The van der Waals surface area contributed by atoms with Crippen LogP contribution in [0.5, 0.6) is 5.75 Å². The number of thiazole rings is 1. The van der Waals surface area contributed by atoms with Gasteiger partial charge in [0.2, 0.25) is 5.91 Å². The minimum Gasteiger partial charge on any atom is -0.544 e. The number of carboxylic acid groups (broad SMARTS) is 1. The van der Waals surface area contributed by atoms with E-state index in [4.69, 9.17) is 8.85 Å². The Bertz CT molecular complexity index is 1350. The van der Waals surface area contributed by atoms with Gasteiger partial charge in [-0.2, -0.15) is 0 Å². The fraction of sp³-hybridized carbons (Fsp3) is 0.238. The summed E-state index contributed by atoms with van der Waals surface area (Å²) in [6.07, 6.45) is 2.71. The van der Waals surface area contributed by atoms with Gasteiger partial charge in [-0.25, -0.2) is 4.98 Å². The number of aromatic carboxylic acids is 1. The number of hydrogen-bond donors (Lipinski definition) is 3. The van der Waals surface area contributed by atoms with E-state index in [-0.39, 0.29) is 58.5 Å². The molecule has 0 unspecified atom stereocenters. The van der Waals surface area contributed by atoms with E-state index in [0.717, 1.165) is 24.2 Å². The molecule has 1 aliphatic carbocycles. The Balaban J connectivity index is 0.00000380. The van der Waals surface area contributed by atoms with Crippen LogP contribution in [0.3, 0.4) is 0 Å². The quantitative estimate of drug-likeness (QED) is 0.326. The summed E-state index contributed by atoms with van der Waals surface area (Å²) in [7, 11) is 1.39. The molecule has 170 valence electrons. The Kier molecular flexibility index (Phi) is 6.60. The molecule has 11 nitrogen and oxygen atoms in total. The second kappa shape index (κ2) is 10.6. The van der Waals surface area contributed by atoms with Crippen molar-refractivity contribution in [1.82, 2.24) is 20.5 Å². The number of para-hydroxylation sites is 1. The van der Waals surface area contributed by atoms with Crippen LogP contribution in [0.15, 0.2) is 30.5 Å². The number of nitrogens with one attached hydrogen (secondary N) is 3. The summed E-state index contributed by atoms with van der Waals surface area (Å²) in [6.45, 7) is -2.77. The van der Waals surface area contributed by atoms with Crippen molar-refractivity contribution < 1.29 is 47.2 Å². The van der Waals surface area contributed by atoms with Crippen molar-refractivity contribution in [3.05, 3.63) is 41.0 Å². The number of nitrogens with zero attached hydrogens (tertiary/aromatic N) is 3. The van der Waals surface area contributed by atoms with Gasteiger partial charge in [-0.15, -0.1) is 21.5 Å². The molecule has 0 aliphatic heterocycles. The van der Waals surface area contributed by atoms with Crippen molar-refractivity contribution in [3.8, 4) is 16.3 Å². The van der Waals surface area contributed by atoms with E-state index in [2.05, 4.69) is 25.8 Å². The summed E-state index contributed by atoms with van der Waals surface area (Å²) >= 11 is 0.893. The standard InChI is InChI=1S/C21H20N6O5S.Li/c1-22-19(29)16-13(8-15(26-27-16)25-18(28)10-6-7-10)24-12-5-3-4-11(17(12)32-2)20-23-9-14(33-20)21(30)31;/h3-5,8-10H,6-7H2,1-2H3,(H,22,29)(H,30,31)(H2,24,25,26,28);/q;+1/p-1/i1D3;. The Morgan fingerprint density at radius 1 is 1.24 bits per heavy atom. The van der Waals surface area contributed by atoms with Crippen molar-refractivity contribution in [2.24, 2.45) is 5.92 Å². The predicted molar refractivity (Wildman–Crippen MR) is 118 cm³/mol. The number of carbonyl (C=O) groups is 3. The Morgan fingerprint density at radius 3 is 2.68 bits per heavy atom. The van der Waals surface area contributed by atoms with Crippen LogP contribution >= 0.6 is 11.3 Å². The van der Waals surface area contributed by atoms with Gasteiger partial charge in [0.05, 0.1) is 34.9 Å². The smallest absolute Gasteiger partial charge is 0.544 e. The molecule has 2 heterocycles. The van der Waals surface area contributed by atoms with Gasteiger partial charge in [0.15, 0.2) is 17.3 Å². The number of carboxylic acids is 1. The third-order valence-electron chi connectivity index (χ3n) is 4.75. The molecule has 1 saturated carbocycles. The predicted octanol–water partition coefficient (Wildman–Crippen LogP) is -1.57. The first kappa shape index (κ1) is 21.1. The topological polar surface area (TPSA) is 158 Å². The zero-order chi connectivity index (χ0) is 26.0. The average Bonchev–Trinajstić information content (AvgIpc) is 3.54. The van der Waals surface area contributed by atoms with Gasteiger partial charge >= 0.3 is 18.9 Å². The van der Waals surface area contributed by atoms with Crippen LogP contribution < -0.4 is 44.7 Å². The first-order valence-electron chi connectivity index (χ1n) is 11.2. The molecule has 0 radical (unpaired) electrons. The number of rotatable bonds is 8. The molecule has 1 aliphatic rings. The van der Waals surface area contributed by atoms with Crippen LogP contribution in [-0.2, 0) is 4.79 Å². The summed E-state index contributed by atoms with van der Waals surface area (Å²) in [6, 6.07) is 6.28. The van der Waals surface area contributed by atoms with E-state index in [1.165, 1.54) is 19.4 Å². The van der Waals surface area contributed by atoms with Gasteiger partial charge in [-0.05, 0) is 25.0 Å². The molecule has 3 N–H and O–H groups in total. The van der Waals surface area contributed by atoms with E-state index in [9.17, 15) is 19.5 Å². The van der Waals surface area contributed by atoms with E-state index in [1.54, 1.807) is 18.2 Å². The maximum atomic E-state index is 12.6. The minimum absolute atomic E-state index is 0. The van der Waals surface area contributed by atoms with Crippen LogP contribution in [0.2, 0.25) is 0 Å². The molecule has 4 rings (SSSR count). The molecule has 0 bridgehead atoms.